The molecule has 0 aliphatic heterocycles. The first-order valence-corrected chi connectivity index (χ1v) is 15.3. The summed E-state index contributed by atoms with van der Waals surface area (Å²) < 4.78 is 0. The van der Waals surface area contributed by atoms with Crippen molar-refractivity contribution in [2.75, 3.05) is 16.0 Å². The molecule has 0 spiro atoms. The van der Waals surface area contributed by atoms with Crippen molar-refractivity contribution in [2.45, 2.75) is 78.6 Å². The maximum Gasteiger partial charge on any atom is 0.255 e. The first-order valence-electron chi connectivity index (χ1n) is 15.3. The fourth-order valence-electron chi connectivity index (χ4n) is 4.79. The molecule has 0 saturated heterocycles. The molecule has 0 bridgehead atoms. The molecule has 0 aliphatic carbocycles. The first-order chi connectivity index (χ1) is 20.9. The van der Waals surface area contributed by atoms with Crippen LogP contribution in [0, 0.1) is 0 Å². The Bertz CT molecular complexity index is 1470. The van der Waals surface area contributed by atoms with Crippen molar-refractivity contribution < 1.29 is 14.4 Å². The number of carbonyl (C=O) groups is 3. The van der Waals surface area contributed by atoms with E-state index in [0.29, 0.717) is 17.1 Å². The summed E-state index contributed by atoms with van der Waals surface area (Å²) >= 11 is 0. The maximum atomic E-state index is 13.5. The molecule has 6 nitrogen and oxygen atoms in total. The summed E-state index contributed by atoms with van der Waals surface area (Å²) in [6.45, 7) is 19.1. The Kier molecular flexibility index (Phi) is 9.38. The molecular weight excluding hydrogens is 558 g/mol. The van der Waals surface area contributed by atoms with Gasteiger partial charge >= 0.3 is 0 Å². The minimum atomic E-state index is -0.425. The van der Waals surface area contributed by atoms with Crippen molar-refractivity contribution in [3.05, 3.63) is 124 Å². The molecule has 0 radical (unpaired) electrons. The SMILES string of the molecule is CC(C)(C)c1ccc(NC(=O)c2cc(C(=O)Nc3ccc(C(C)(C)C)cc3)cc(C(=O)Nc3ccc(C(C)(C)C)cc3)c2)cc1. The third-order valence-electron chi connectivity index (χ3n) is 7.75. The van der Waals surface area contributed by atoms with Gasteiger partial charge in [0.05, 0.1) is 0 Å². The highest BCUT2D eigenvalue weighted by molar-refractivity contribution is 6.12. The third-order valence-corrected chi connectivity index (χ3v) is 7.75. The van der Waals surface area contributed by atoms with Crippen molar-refractivity contribution in [3.8, 4) is 0 Å². The van der Waals surface area contributed by atoms with Crippen LogP contribution < -0.4 is 16.0 Å². The Morgan fingerprint density at radius 2 is 0.578 bits per heavy atom. The standard InChI is InChI=1S/C39H45N3O3/c1-37(2,3)28-10-16-31(17-11-28)40-34(43)25-22-26(35(44)41-32-18-12-29(13-19-32)38(4,5)6)24-27(23-25)36(45)42-33-20-14-30(15-21-33)39(7,8)9/h10-24H,1-9H3,(H,40,43)(H,41,44)(H,42,45). The Hall–Kier alpha value is -4.71. The molecule has 3 amide bonds. The summed E-state index contributed by atoms with van der Waals surface area (Å²) in [6, 6.07) is 27.5. The van der Waals surface area contributed by atoms with E-state index in [1.54, 1.807) is 0 Å². The number of rotatable bonds is 6. The van der Waals surface area contributed by atoms with E-state index >= 15 is 0 Å². The van der Waals surface area contributed by atoms with Crippen molar-refractivity contribution >= 4 is 34.8 Å². The zero-order valence-corrected chi connectivity index (χ0v) is 27.9. The van der Waals surface area contributed by atoms with E-state index in [2.05, 4.69) is 78.3 Å². The molecule has 0 saturated carbocycles. The van der Waals surface area contributed by atoms with Gasteiger partial charge < -0.3 is 16.0 Å². The number of carbonyl (C=O) groups excluding carboxylic acids is 3. The monoisotopic (exact) mass is 603 g/mol. The zero-order valence-electron chi connectivity index (χ0n) is 27.9. The highest BCUT2D eigenvalue weighted by Gasteiger charge is 2.20. The van der Waals surface area contributed by atoms with Gasteiger partial charge in [-0.2, -0.15) is 0 Å². The van der Waals surface area contributed by atoms with Crippen LogP contribution in [0.25, 0.3) is 0 Å². The van der Waals surface area contributed by atoms with E-state index in [9.17, 15) is 14.4 Å². The second-order valence-electron chi connectivity index (χ2n) is 14.6. The van der Waals surface area contributed by atoms with E-state index in [0.717, 1.165) is 16.7 Å². The number of anilines is 3. The number of hydrogen-bond acceptors (Lipinski definition) is 3. The summed E-state index contributed by atoms with van der Waals surface area (Å²) in [7, 11) is 0. The van der Waals surface area contributed by atoms with Gasteiger partial charge in [-0.05, 0) is 87.5 Å². The molecular formula is C39H45N3O3. The lowest BCUT2D eigenvalue weighted by atomic mass is 9.87. The average Bonchev–Trinajstić information content (AvgIpc) is 2.96. The van der Waals surface area contributed by atoms with Crippen LogP contribution in [-0.2, 0) is 16.2 Å². The van der Waals surface area contributed by atoms with Crippen molar-refractivity contribution in [1.29, 1.82) is 0 Å². The van der Waals surface area contributed by atoms with E-state index in [4.69, 9.17) is 0 Å². The molecule has 0 atom stereocenters. The Morgan fingerprint density at radius 3 is 0.756 bits per heavy atom. The smallest absolute Gasteiger partial charge is 0.255 e. The Balaban J connectivity index is 1.63. The third kappa shape index (κ3) is 8.69. The Labute approximate surface area is 267 Å². The lowest BCUT2D eigenvalue weighted by Crippen LogP contribution is -2.19. The van der Waals surface area contributed by atoms with Gasteiger partial charge in [-0.3, -0.25) is 14.4 Å². The van der Waals surface area contributed by atoms with E-state index in [-0.39, 0.29) is 32.9 Å². The van der Waals surface area contributed by atoms with Crippen molar-refractivity contribution in [1.82, 2.24) is 0 Å². The number of nitrogens with one attached hydrogen (secondary N) is 3. The molecule has 4 rings (SSSR count). The molecule has 45 heavy (non-hydrogen) atoms. The quantitative estimate of drug-likeness (QED) is 0.205. The molecule has 3 N–H and O–H groups in total. The summed E-state index contributed by atoms with van der Waals surface area (Å²) in [5.74, 6) is -1.27. The second kappa shape index (κ2) is 12.7. The van der Waals surface area contributed by atoms with E-state index in [1.165, 1.54) is 18.2 Å². The highest BCUT2D eigenvalue weighted by Crippen LogP contribution is 2.26. The predicted octanol–water partition coefficient (Wildman–Crippen LogP) is 9.34. The topological polar surface area (TPSA) is 87.3 Å². The van der Waals surface area contributed by atoms with Gasteiger partial charge in [0.25, 0.3) is 17.7 Å². The van der Waals surface area contributed by atoms with Gasteiger partial charge in [0.2, 0.25) is 0 Å². The van der Waals surface area contributed by atoms with Gasteiger partial charge in [0.15, 0.2) is 0 Å². The van der Waals surface area contributed by atoms with Gasteiger partial charge in [-0.15, -0.1) is 0 Å². The summed E-state index contributed by atoms with van der Waals surface area (Å²) in [4.78, 5) is 40.4. The highest BCUT2D eigenvalue weighted by atomic mass is 16.2. The number of hydrogen-bond donors (Lipinski definition) is 3. The minimum Gasteiger partial charge on any atom is -0.322 e. The van der Waals surface area contributed by atoms with E-state index in [1.807, 2.05) is 72.8 Å². The fourth-order valence-corrected chi connectivity index (χ4v) is 4.79. The molecule has 4 aromatic carbocycles. The minimum absolute atomic E-state index is 0.0212. The van der Waals surface area contributed by atoms with Gasteiger partial charge in [0.1, 0.15) is 0 Å². The van der Waals surface area contributed by atoms with E-state index < -0.39 is 17.7 Å². The normalized spacial score (nSPS) is 11.9. The van der Waals surface area contributed by atoms with Gasteiger partial charge in [0, 0.05) is 33.8 Å². The van der Waals surface area contributed by atoms with Crippen LogP contribution in [0.2, 0.25) is 0 Å². The van der Waals surface area contributed by atoms with Crippen LogP contribution in [-0.4, -0.2) is 17.7 Å². The molecule has 6 heteroatoms. The van der Waals surface area contributed by atoms with Crippen LogP contribution in [0.3, 0.4) is 0 Å². The first kappa shape index (κ1) is 33.2. The Morgan fingerprint density at radius 1 is 0.378 bits per heavy atom. The second-order valence-corrected chi connectivity index (χ2v) is 14.6. The molecule has 0 heterocycles. The van der Waals surface area contributed by atoms with Gasteiger partial charge in [-0.1, -0.05) is 98.7 Å². The largest absolute Gasteiger partial charge is 0.322 e. The maximum absolute atomic E-state index is 13.5. The zero-order chi connectivity index (χ0) is 33.2. The molecule has 4 aromatic rings. The van der Waals surface area contributed by atoms with Crippen molar-refractivity contribution in [3.63, 3.8) is 0 Å². The lowest BCUT2D eigenvalue weighted by Gasteiger charge is -2.19. The van der Waals surface area contributed by atoms with Crippen molar-refractivity contribution in [2.24, 2.45) is 0 Å². The molecule has 0 fully saturated rings. The van der Waals surface area contributed by atoms with Crippen LogP contribution in [0.1, 0.15) is 110 Å². The summed E-state index contributed by atoms with van der Waals surface area (Å²) in [5.41, 5.74) is 5.80. The predicted molar refractivity (Wildman–Crippen MR) is 186 cm³/mol. The molecule has 0 aromatic heterocycles. The van der Waals surface area contributed by atoms with Crippen LogP contribution in [0.4, 0.5) is 17.1 Å². The van der Waals surface area contributed by atoms with Gasteiger partial charge in [-0.25, -0.2) is 0 Å². The fraction of sp³-hybridized carbons (Fsp3) is 0.308. The van der Waals surface area contributed by atoms with Crippen LogP contribution in [0.5, 0.6) is 0 Å². The molecule has 0 aliphatic rings. The average molecular weight is 604 g/mol. The molecule has 0 unspecified atom stereocenters. The number of benzene rings is 4. The van der Waals surface area contributed by atoms with Crippen LogP contribution in [0.15, 0.2) is 91.0 Å². The van der Waals surface area contributed by atoms with Crippen LogP contribution >= 0.6 is 0 Å². The number of amides is 3. The summed E-state index contributed by atoms with van der Waals surface area (Å²) in [6.07, 6.45) is 0. The lowest BCUT2D eigenvalue weighted by molar-refractivity contribution is 0.102. The summed E-state index contributed by atoms with van der Waals surface area (Å²) in [5, 5.41) is 8.72. The molecule has 234 valence electrons.